The van der Waals surface area contributed by atoms with Crippen LogP contribution in [0.1, 0.15) is 27.8 Å². The van der Waals surface area contributed by atoms with Gasteiger partial charge in [0.2, 0.25) is 0 Å². The summed E-state index contributed by atoms with van der Waals surface area (Å²) in [5, 5.41) is 0. The summed E-state index contributed by atoms with van der Waals surface area (Å²) >= 11 is 0. The molecule has 0 saturated heterocycles. The molecule has 0 N–H and O–H groups in total. The van der Waals surface area contributed by atoms with Gasteiger partial charge in [-0.05, 0) is 147 Å². The van der Waals surface area contributed by atoms with Crippen LogP contribution in [-0.4, -0.2) is 15.0 Å². The van der Waals surface area contributed by atoms with Crippen LogP contribution < -0.4 is 0 Å². The molecule has 7 aromatic carbocycles. The highest BCUT2D eigenvalue weighted by molar-refractivity contribution is 5.94. The Bertz CT molecular complexity index is 3050. The summed E-state index contributed by atoms with van der Waals surface area (Å²) in [6, 6.07) is 76.8. The Morgan fingerprint density at radius 3 is 1.32 bits per heavy atom. The zero-order chi connectivity index (χ0) is 43.8. The smallest absolute Gasteiger partial charge is 0.0704 e. The molecule has 3 aromatic heterocycles. The highest BCUT2D eigenvalue weighted by Crippen LogP contribution is 2.41. The van der Waals surface area contributed by atoms with Crippen molar-refractivity contribution in [1.82, 2.24) is 15.0 Å². The zero-order valence-electron chi connectivity index (χ0n) is 36.6. The predicted octanol–water partition coefficient (Wildman–Crippen LogP) is 15.4. The Hall–Kier alpha value is -8.01. The van der Waals surface area contributed by atoms with Crippen LogP contribution in [0.15, 0.2) is 231 Å². The van der Waals surface area contributed by atoms with Gasteiger partial charge < -0.3 is 0 Å². The molecule has 0 spiro atoms. The van der Waals surface area contributed by atoms with E-state index in [9.17, 15) is 0 Å². The van der Waals surface area contributed by atoms with Crippen LogP contribution >= 0.6 is 0 Å². The van der Waals surface area contributed by atoms with Gasteiger partial charge in [-0.1, -0.05) is 170 Å². The largest absolute Gasteiger partial charge is 0.256 e. The minimum Gasteiger partial charge on any atom is -0.256 e. The predicted molar refractivity (Wildman–Crippen MR) is 270 cm³/mol. The van der Waals surface area contributed by atoms with E-state index < -0.39 is 0 Å². The molecule has 312 valence electrons. The minimum absolute atomic E-state index is 0.932. The van der Waals surface area contributed by atoms with Crippen molar-refractivity contribution in [1.29, 1.82) is 0 Å². The van der Waals surface area contributed by atoms with Crippen molar-refractivity contribution in [3.05, 3.63) is 259 Å². The summed E-state index contributed by atoms with van der Waals surface area (Å²) in [4.78, 5) is 13.9. The maximum Gasteiger partial charge on any atom is 0.0704 e. The van der Waals surface area contributed by atoms with Gasteiger partial charge in [0.05, 0.1) is 17.1 Å². The normalized spacial score (nSPS) is 11.1. The van der Waals surface area contributed by atoms with Crippen LogP contribution in [0, 0.1) is 6.92 Å². The molecule has 0 aliphatic rings. The van der Waals surface area contributed by atoms with E-state index in [0.717, 1.165) is 59.5 Å². The Morgan fingerprint density at radius 1 is 0.262 bits per heavy atom. The molecule has 0 atom stereocenters. The summed E-state index contributed by atoms with van der Waals surface area (Å²) in [7, 11) is 0. The van der Waals surface area contributed by atoms with E-state index in [2.05, 4.69) is 205 Å². The van der Waals surface area contributed by atoms with Gasteiger partial charge in [-0.2, -0.15) is 0 Å². The van der Waals surface area contributed by atoms with Gasteiger partial charge in [0.25, 0.3) is 0 Å². The third kappa shape index (κ3) is 9.66. The van der Waals surface area contributed by atoms with Gasteiger partial charge in [0.15, 0.2) is 0 Å². The van der Waals surface area contributed by atoms with Crippen molar-refractivity contribution >= 4 is 0 Å². The number of benzene rings is 7. The lowest BCUT2D eigenvalue weighted by Crippen LogP contribution is -1.98. The van der Waals surface area contributed by atoms with Crippen molar-refractivity contribution in [3.63, 3.8) is 0 Å². The standard InChI is InChI=1S/C62H49N3/c1-44-35-38-65-62(39-44)54-33-34-58(59(43-54)51-31-29-50(30-32-51)49-11-3-2-4-12-49)57-14-6-5-13-56(57)55-41-47(19-17-45-21-25-52(26-22-45)60-15-7-9-36-63-60)40-48(42-55)20-18-46-23-27-53(28-24-46)61-16-8-10-37-64-61/h2-16,21-43H,17-20H2,1H3. The summed E-state index contributed by atoms with van der Waals surface area (Å²) in [6.45, 7) is 2.13. The quantitative estimate of drug-likeness (QED) is 0.116. The first-order valence-electron chi connectivity index (χ1n) is 22.6. The molecule has 65 heavy (non-hydrogen) atoms. The third-order valence-electron chi connectivity index (χ3n) is 12.3. The first-order chi connectivity index (χ1) is 32.1. The summed E-state index contributed by atoms with van der Waals surface area (Å²) in [6.07, 6.45) is 9.36. The fourth-order valence-corrected chi connectivity index (χ4v) is 8.85. The average Bonchev–Trinajstić information content (AvgIpc) is 3.38. The van der Waals surface area contributed by atoms with Gasteiger partial charge in [-0.3, -0.25) is 15.0 Å². The molecule has 3 heteroatoms. The SMILES string of the molecule is Cc1ccnc(-c2ccc(-c3ccccc3-c3cc(CCc4ccc(-c5ccccn5)cc4)cc(CCc4ccc(-c5ccccn5)cc4)c3)c(-c3ccc(-c4ccccc4)cc3)c2)c1. The maximum atomic E-state index is 4.79. The lowest BCUT2D eigenvalue weighted by molar-refractivity contribution is 0.931. The van der Waals surface area contributed by atoms with E-state index in [1.165, 1.54) is 72.3 Å². The van der Waals surface area contributed by atoms with Gasteiger partial charge in [0, 0.05) is 35.3 Å². The Kier molecular flexibility index (Phi) is 12.1. The van der Waals surface area contributed by atoms with Crippen molar-refractivity contribution in [2.45, 2.75) is 32.6 Å². The number of rotatable bonds is 13. The first kappa shape index (κ1) is 41.0. The fraction of sp³-hybridized carbons (Fsp3) is 0.0806. The Morgan fingerprint density at radius 2 is 0.738 bits per heavy atom. The number of aryl methyl sites for hydroxylation is 5. The first-order valence-corrected chi connectivity index (χ1v) is 22.6. The van der Waals surface area contributed by atoms with Gasteiger partial charge in [-0.15, -0.1) is 0 Å². The Labute approximate surface area is 382 Å². The van der Waals surface area contributed by atoms with Crippen molar-refractivity contribution in [2.75, 3.05) is 0 Å². The summed E-state index contributed by atoms with van der Waals surface area (Å²) in [5.41, 5.74) is 22.4. The van der Waals surface area contributed by atoms with Gasteiger partial charge in [0.1, 0.15) is 0 Å². The van der Waals surface area contributed by atoms with E-state index in [4.69, 9.17) is 4.98 Å². The number of hydrogen-bond acceptors (Lipinski definition) is 3. The van der Waals surface area contributed by atoms with E-state index in [0.29, 0.717) is 0 Å². The highest BCUT2D eigenvalue weighted by Gasteiger charge is 2.16. The Balaban J connectivity index is 1.02. The van der Waals surface area contributed by atoms with E-state index in [1.54, 1.807) is 0 Å². The molecule has 0 aliphatic heterocycles. The molecule has 0 unspecified atom stereocenters. The van der Waals surface area contributed by atoms with Crippen LogP contribution in [0.5, 0.6) is 0 Å². The number of hydrogen-bond donors (Lipinski definition) is 0. The molecule has 10 aromatic rings. The monoisotopic (exact) mass is 835 g/mol. The molecule has 0 amide bonds. The van der Waals surface area contributed by atoms with Crippen molar-refractivity contribution in [2.24, 2.45) is 0 Å². The van der Waals surface area contributed by atoms with Gasteiger partial charge >= 0.3 is 0 Å². The third-order valence-corrected chi connectivity index (χ3v) is 12.3. The molecule has 0 saturated carbocycles. The van der Waals surface area contributed by atoms with E-state index in [-0.39, 0.29) is 0 Å². The lowest BCUT2D eigenvalue weighted by Gasteiger charge is -2.18. The van der Waals surface area contributed by atoms with Gasteiger partial charge in [-0.25, -0.2) is 0 Å². The molecule has 3 heterocycles. The van der Waals surface area contributed by atoms with Crippen LogP contribution in [-0.2, 0) is 25.7 Å². The topological polar surface area (TPSA) is 38.7 Å². The molecule has 0 aliphatic carbocycles. The molecular formula is C62H49N3. The van der Waals surface area contributed by atoms with Crippen LogP contribution in [0.4, 0.5) is 0 Å². The molecule has 3 nitrogen and oxygen atoms in total. The second-order valence-corrected chi connectivity index (χ2v) is 16.8. The zero-order valence-corrected chi connectivity index (χ0v) is 36.6. The van der Waals surface area contributed by atoms with E-state index >= 15 is 0 Å². The number of aromatic nitrogens is 3. The van der Waals surface area contributed by atoms with Crippen LogP contribution in [0.2, 0.25) is 0 Å². The minimum atomic E-state index is 0.932. The average molecular weight is 836 g/mol. The van der Waals surface area contributed by atoms with Crippen molar-refractivity contribution in [3.8, 4) is 78.3 Å². The fourth-order valence-electron chi connectivity index (χ4n) is 8.85. The molecule has 10 rings (SSSR count). The van der Waals surface area contributed by atoms with Crippen LogP contribution in [0.25, 0.3) is 78.3 Å². The summed E-state index contributed by atoms with van der Waals surface area (Å²) < 4.78 is 0. The maximum absolute atomic E-state index is 4.79. The van der Waals surface area contributed by atoms with Crippen LogP contribution in [0.3, 0.4) is 0 Å². The molecule has 0 radical (unpaired) electrons. The second-order valence-electron chi connectivity index (χ2n) is 16.8. The second kappa shape index (κ2) is 19.2. The van der Waals surface area contributed by atoms with E-state index in [1.807, 2.05) is 42.9 Å². The molecule has 0 bridgehead atoms. The summed E-state index contributed by atoms with van der Waals surface area (Å²) in [5.74, 6) is 0. The number of pyridine rings is 3. The van der Waals surface area contributed by atoms with Crippen molar-refractivity contribution < 1.29 is 0 Å². The highest BCUT2D eigenvalue weighted by atomic mass is 14.7. The molecule has 0 fully saturated rings. The number of nitrogens with zero attached hydrogens (tertiary/aromatic N) is 3. The molecular weight excluding hydrogens is 787 g/mol. The lowest BCUT2D eigenvalue weighted by atomic mass is 9.86.